The third-order valence-electron chi connectivity index (χ3n) is 3.51. The van der Waals surface area contributed by atoms with Crippen LogP contribution in [-0.2, 0) is 0 Å². The Hall–Kier alpha value is -3.54. The summed E-state index contributed by atoms with van der Waals surface area (Å²) in [6.45, 7) is 0. The molecule has 0 unspecified atom stereocenters. The molecule has 4 aromatic rings. The first-order chi connectivity index (χ1) is 12.3. The van der Waals surface area contributed by atoms with Gasteiger partial charge in [-0.25, -0.2) is 9.07 Å². The van der Waals surface area contributed by atoms with Gasteiger partial charge in [0.15, 0.2) is 0 Å². The van der Waals surface area contributed by atoms with Gasteiger partial charge in [0.1, 0.15) is 23.0 Å². The van der Waals surface area contributed by atoms with Crippen LogP contribution in [0.1, 0.15) is 0 Å². The average Bonchev–Trinajstić information content (AvgIpc) is 3.13. The fourth-order valence-corrected chi connectivity index (χ4v) is 2.40. The summed E-state index contributed by atoms with van der Waals surface area (Å²) in [6, 6.07) is 15.4. The summed E-state index contributed by atoms with van der Waals surface area (Å²) < 4.78 is 21.2. The monoisotopic (exact) mass is 332 g/mol. The molecule has 5 nitrogen and oxygen atoms in total. The first kappa shape index (κ1) is 15.0. The molecule has 6 heteroatoms. The Kier molecular flexibility index (Phi) is 3.92. The number of pyridine rings is 2. The number of hydrogen-bond acceptors (Lipinski definition) is 4. The van der Waals surface area contributed by atoms with Crippen LogP contribution < -0.4 is 4.74 Å². The molecule has 3 heterocycles. The van der Waals surface area contributed by atoms with Gasteiger partial charge in [-0.2, -0.15) is 5.10 Å². The predicted molar refractivity (Wildman–Crippen MR) is 91.1 cm³/mol. The fraction of sp³-hybridized carbons (Fsp3) is 0. The maximum atomic E-state index is 14.0. The number of ether oxygens (including phenoxy) is 1. The van der Waals surface area contributed by atoms with Gasteiger partial charge >= 0.3 is 0 Å². The molecule has 0 spiro atoms. The van der Waals surface area contributed by atoms with Crippen molar-refractivity contribution in [3.8, 4) is 28.6 Å². The number of aromatic nitrogens is 4. The van der Waals surface area contributed by atoms with Gasteiger partial charge in [-0.15, -0.1) is 0 Å². The Morgan fingerprint density at radius 2 is 1.84 bits per heavy atom. The van der Waals surface area contributed by atoms with Crippen LogP contribution in [0.2, 0.25) is 0 Å². The molecular weight excluding hydrogens is 319 g/mol. The predicted octanol–water partition coefficient (Wildman–Crippen LogP) is 4.26. The smallest absolute Gasteiger partial charge is 0.145 e. The van der Waals surface area contributed by atoms with Gasteiger partial charge in [-0.05, 0) is 36.4 Å². The van der Waals surface area contributed by atoms with Crippen molar-refractivity contribution in [2.45, 2.75) is 0 Å². The summed E-state index contributed by atoms with van der Waals surface area (Å²) in [5.74, 6) is 0.498. The lowest BCUT2D eigenvalue weighted by Gasteiger charge is -2.08. The zero-order valence-electron chi connectivity index (χ0n) is 13.1. The van der Waals surface area contributed by atoms with Crippen molar-refractivity contribution in [3.63, 3.8) is 0 Å². The highest BCUT2D eigenvalue weighted by molar-refractivity contribution is 5.53. The van der Waals surface area contributed by atoms with Crippen molar-refractivity contribution in [1.29, 1.82) is 0 Å². The topological polar surface area (TPSA) is 52.8 Å². The van der Waals surface area contributed by atoms with Crippen molar-refractivity contribution in [1.82, 2.24) is 19.7 Å². The van der Waals surface area contributed by atoms with E-state index in [4.69, 9.17) is 4.74 Å². The Morgan fingerprint density at radius 1 is 0.880 bits per heavy atom. The fourth-order valence-electron chi connectivity index (χ4n) is 2.40. The zero-order valence-corrected chi connectivity index (χ0v) is 13.1. The molecule has 0 amide bonds. The Morgan fingerprint density at radius 3 is 2.64 bits per heavy atom. The minimum atomic E-state index is -0.411. The van der Waals surface area contributed by atoms with E-state index in [0.717, 1.165) is 5.69 Å². The molecule has 0 aliphatic heterocycles. The second-order valence-corrected chi connectivity index (χ2v) is 5.30. The molecule has 122 valence electrons. The van der Waals surface area contributed by atoms with Crippen molar-refractivity contribution in [3.05, 3.63) is 85.2 Å². The van der Waals surface area contributed by atoms with Crippen LogP contribution in [0.15, 0.2) is 79.4 Å². The molecular formula is C19H13FN4O. The van der Waals surface area contributed by atoms with Crippen molar-refractivity contribution in [2.24, 2.45) is 0 Å². The van der Waals surface area contributed by atoms with Crippen LogP contribution in [0.25, 0.3) is 17.1 Å². The summed E-state index contributed by atoms with van der Waals surface area (Å²) in [4.78, 5) is 8.24. The normalized spacial score (nSPS) is 10.6. The van der Waals surface area contributed by atoms with E-state index in [9.17, 15) is 4.39 Å². The van der Waals surface area contributed by atoms with E-state index in [1.54, 1.807) is 47.7 Å². The standard InChI is InChI=1S/C19H13FN4O/c20-14-10-15(12-17(11-14)25-16-4-3-7-21-13-16)24-9-6-19(23-24)18-5-1-2-8-22-18/h1-13H. The highest BCUT2D eigenvalue weighted by Gasteiger charge is 2.08. The first-order valence-corrected chi connectivity index (χ1v) is 7.64. The Labute approximate surface area is 143 Å². The lowest BCUT2D eigenvalue weighted by Crippen LogP contribution is -1.97. The number of halogens is 1. The molecule has 0 radical (unpaired) electrons. The van der Waals surface area contributed by atoms with Gasteiger partial charge < -0.3 is 4.74 Å². The summed E-state index contributed by atoms with van der Waals surface area (Å²) in [5.41, 5.74) is 2.02. The van der Waals surface area contributed by atoms with Crippen LogP contribution in [0.5, 0.6) is 11.5 Å². The first-order valence-electron chi connectivity index (χ1n) is 7.64. The van der Waals surface area contributed by atoms with Gasteiger partial charge in [0.05, 0.1) is 17.6 Å². The van der Waals surface area contributed by atoms with Gasteiger partial charge in [0, 0.05) is 30.7 Å². The van der Waals surface area contributed by atoms with Crippen LogP contribution in [-0.4, -0.2) is 19.7 Å². The van der Waals surface area contributed by atoms with Crippen LogP contribution >= 0.6 is 0 Å². The maximum Gasteiger partial charge on any atom is 0.145 e. The van der Waals surface area contributed by atoms with Gasteiger partial charge in [0.2, 0.25) is 0 Å². The van der Waals surface area contributed by atoms with Gasteiger partial charge in [-0.1, -0.05) is 6.07 Å². The number of hydrogen-bond donors (Lipinski definition) is 0. The van der Waals surface area contributed by atoms with Crippen LogP contribution in [0.3, 0.4) is 0 Å². The quantitative estimate of drug-likeness (QED) is 0.560. The van der Waals surface area contributed by atoms with Crippen molar-refractivity contribution in [2.75, 3.05) is 0 Å². The third-order valence-corrected chi connectivity index (χ3v) is 3.51. The van der Waals surface area contributed by atoms with Crippen molar-refractivity contribution >= 4 is 0 Å². The minimum absolute atomic E-state index is 0.373. The molecule has 25 heavy (non-hydrogen) atoms. The highest BCUT2D eigenvalue weighted by Crippen LogP contribution is 2.25. The summed E-state index contributed by atoms with van der Waals surface area (Å²) in [5, 5.41) is 4.46. The molecule has 0 aliphatic rings. The van der Waals surface area contributed by atoms with E-state index in [0.29, 0.717) is 22.9 Å². The van der Waals surface area contributed by atoms with Crippen molar-refractivity contribution < 1.29 is 9.13 Å². The summed E-state index contributed by atoms with van der Waals surface area (Å²) >= 11 is 0. The lowest BCUT2D eigenvalue weighted by molar-refractivity contribution is 0.474. The summed E-state index contributed by atoms with van der Waals surface area (Å²) in [6.07, 6.45) is 6.67. The SMILES string of the molecule is Fc1cc(Oc2cccnc2)cc(-n2ccc(-c3ccccn3)n2)c1. The summed E-state index contributed by atoms with van der Waals surface area (Å²) in [7, 11) is 0. The molecule has 0 fully saturated rings. The molecule has 0 saturated heterocycles. The number of rotatable bonds is 4. The highest BCUT2D eigenvalue weighted by atomic mass is 19.1. The molecule has 0 N–H and O–H groups in total. The second-order valence-electron chi connectivity index (χ2n) is 5.30. The molecule has 0 saturated carbocycles. The zero-order chi connectivity index (χ0) is 17.1. The number of benzene rings is 1. The molecule has 0 aliphatic carbocycles. The van der Waals surface area contributed by atoms with Gasteiger partial charge in [-0.3, -0.25) is 9.97 Å². The molecule has 3 aromatic heterocycles. The number of nitrogens with zero attached hydrogens (tertiary/aromatic N) is 4. The minimum Gasteiger partial charge on any atom is -0.456 e. The average molecular weight is 332 g/mol. The van der Waals surface area contributed by atoms with E-state index < -0.39 is 5.82 Å². The second kappa shape index (κ2) is 6.52. The van der Waals surface area contributed by atoms with Crippen LogP contribution in [0, 0.1) is 5.82 Å². The lowest BCUT2D eigenvalue weighted by atomic mass is 10.3. The molecule has 1 aromatic carbocycles. The van der Waals surface area contributed by atoms with E-state index in [1.165, 1.54) is 12.1 Å². The van der Waals surface area contributed by atoms with E-state index in [2.05, 4.69) is 15.1 Å². The molecule has 0 bridgehead atoms. The Balaban J connectivity index is 1.66. The third kappa shape index (κ3) is 3.37. The largest absolute Gasteiger partial charge is 0.456 e. The van der Waals surface area contributed by atoms with E-state index in [1.807, 2.05) is 24.3 Å². The molecule has 4 rings (SSSR count). The van der Waals surface area contributed by atoms with E-state index >= 15 is 0 Å². The molecule has 0 atom stereocenters. The maximum absolute atomic E-state index is 14.0. The Bertz CT molecular complexity index is 987. The van der Waals surface area contributed by atoms with E-state index in [-0.39, 0.29) is 0 Å². The van der Waals surface area contributed by atoms with Gasteiger partial charge in [0.25, 0.3) is 0 Å². The van der Waals surface area contributed by atoms with Crippen LogP contribution in [0.4, 0.5) is 4.39 Å².